The number of carbonyl (C=O) groups is 1. The molecule has 17 heavy (non-hydrogen) atoms. The number of nitrogens with zero attached hydrogens (tertiary/aromatic N) is 2. The second-order valence-electron chi connectivity index (χ2n) is 4.48. The van der Waals surface area contributed by atoms with Crippen LogP contribution in [-0.4, -0.2) is 28.3 Å². The van der Waals surface area contributed by atoms with Gasteiger partial charge in [0.2, 0.25) is 5.91 Å². The number of hydrogen-bond donors (Lipinski definition) is 2. The van der Waals surface area contributed by atoms with Crippen LogP contribution in [-0.2, 0) is 10.2 Å². The minimum atomic E-state index is -3.16. The average molecular weight is 240 g/mol. The van der Waals surface area contributed by atoms with Gasteiger partial charge in [-0.25, -0.2) is 18.7 Å². The monoisotopic (exact) mass is 240 g/mol. The molecule has 1 atom stereocenters. The summed E-state index contributed by atoms with van der Waals surface area (Å²) in [6.07, 6.45) is 0. The van der Waals surface area contributed by atoms with Crippen molar-refractivity contribution >= 4 is 17.5 Å². The predicted molar refractivity (Wildman–Crippen MR) is 56.2 cm³/mol. The van der Waals surface area contributed by atoms with Gasteiger partial charge in [-0.15, -0.1) is 0 Å². The SMILES string of the molecule is Cc1nc2c3c(n1)NC(=O)C3(C)C(F)(F)CN2. The molecule has 3 rings (SSSR count). The van der Waals surface area contributed by atoms with Crippen molar-refractivity contribution in [2.75, 3.05) is 17.2 Å². The van der Waals surface area contributed by atoms with E-state index in [1.54, 1.807) is 6.92 Å². The van der Waals surface area contributed by atoms with Gasteiger partial charge in [0.1, 0.15) is 22.9 Å². The van der Waals surface area contributed by atoms with Crippen LogP contribution in [0.4, 0.5) is 20.4 Å². The predicted octanol–water partition coefficient (Wildman–Crippen LogP) is 1.06. The highest BCUT2D eigenvalue weighted by Gasteiger charge is 2.64. The number of aryl methyl sites for hydroxylation is 1. The van der Waals surface area contributed by atoms with Crippen molar-refractivity contribution in [1.29, 1.82) is 0 Å². The normalized spacial score (nSPS) is 28.4. The third kappa shape index (κ3) is 1.04. The summed E-state index contributed by atoms with van der Waals surface area (Å²) < 4.78 is 27.9. The highest BCUT2D eigenvalue weighted by Crippen LogP contribution is 2.51. The molecule has 5 nitrogen and oxygen atoms in total. The minimum Gasteiger partial charge on any atom is -0.364 e. The summed E-state index contributed by atoms with van der Waals surface area (Å²) in [4.78, 5) is 19.9. The summed E-state index contributed by atoms with van der Waals surface area (Å²) >= 11 is 0. The van der Waals surface area contributed by atoms with Crippen molar-refractivity contribution in [3.8, 4) is 0 Å². The molecule has 1 unspecified atom stereocenters. The molecule has 1 aromatic heterocycles. The lowest BCUT2D eigenvalue weighted by atomic mass is 9.76. The second kappa shape index (κ2) is 2.72. The fourth-order valence-electron chi connectivity index (χ4n) is 2.33. The lowest BCUT2D eigenvalue weighted by Crippen LogP contribution is -2.54. The Bertz CT molecular complexity index is 545. The highest BCUT2D eigenvalue weighted by molar-refractivity contribution is 6.08. The maximum Gasteiger partial charge on any atom is 0.283 e. The Morgan fingerprint density at radius 2 is 1.94 bits per heavy atom. The molecule has 7 heteroatoms. The first kappa shape index (κ1) is 10.4. The van der Waals surface area contributed by atoms with Gasteiger partial charge < -0.3 is 10.6 Å². The molecule has 0 spiro atoms. The zero-order valence-corrected chi connectivity index (χ0v) is 9.27. The Hall–Kier alpha value is -1.79. The number of rotatable bonds is 0. The van der Waals surface area contributed by atoms with Crippen molar-refractivity contribution in [1.82, 2.24) is 9.97 Å². The van der Waals surface area contributed by atoms with Gasteiger partial charge >= 0.3 is 0 Å². The lowest BCUT2D eigenvalue weighted by Gasteiger charge is -2.36. The van der Waals surface area contributed by atoms with Crippen molar-refractivity contribution in [2.45, 2.75) is 25.2 Å². The van der Waals surface area contributed by atoms with Crippen LogP contribution in [0.25, 0.3) is 0 Å². The number of amides is 1. The number of nitrogens with one attached hydrogen (secondary N) is 2. The van der Waals surface area contributed by atoms with Gasteiger partial charge in [-0.05, 0) is 13.8 Å². The minimum absolute atomic E-state index is 0.171. The number of anilines is 2. The van der Waals surface area contributed by atoms with Crippen LogP contribution in [0, 0.1) is 6.92 Å². The van der Waals surface area contributed by atoms with Crippen molar-refractivity contribution in [3.63, 3.8) is 0 Å². The molecule has 0 bridgehead atoms. The number of halogens is 2. The van der Waals surface area contributed by atoms with Gasteiger partial charge in [-0.2, -0.15) is 0 Å². The Kier molecular flexibility index (Phi) is 1.66. The lowest BCUT2D eigenvalue weighted by molar-refractivity contribution is -0.135. The molecule has 1 amide bonds. The number of carbonyl (C=O) groups excluding carboxylic acids is 1. The summed E-state index contributed by atoms with van der Waals surface area (Å²) in [6, 6.07) is 0. The van der Waals surface area contributed by atoms with Gasteiger partial charge in [0.15, 0.2) is 0 Å². The van der Waals surface area contributed by atoms with Crippen LogP contribution >= 0.6 is 0 Å². The van der Waals surface area contributed by atoms with Crippen LogP contribution in [0.1, 0.15) is 18.3 Å². The number of hydrogen-bond acceptors (Lipinski definition) is 4. The maximum atomic E-state index is 13.9. The topological polar surface area (TPSA) is 66.9 Å². The largest absolute Gasteiger partial charge is 0.364 e. The summed E-state index contributed by atoms with van der Waals surface area (Å²) in [7, 11) is 0. The van der Waals surface area contributed by atoms with E-state index in [9.17, 15) is 13.6 Å². The van der Waals surface area contributed by atoms with Gasteiger partial charge in [0.25, 0.3) is 5.92 Å². The van der Waals surface area contributed by atoms with Crippen LogP contribution in [0.5, 0.6) is 0 Å². The van der Waals surface area contributed by atoms with E-state index in [2.05, 4.69) is 20.6 Å². The Morgan fingerprint density at radius 1 is 1.29 bits per heavy atom. The third-order valence-electron chi connectivity index (χ3n) is 3.42. The molecule has 0 saturated carbocycles. The van der Waals surface area contributed by atoms with Crippen LogP contribution < -0.4 is 10.6 Å². The molecule has 0 fully saturated rings. The van der Waals surface area contributed by atoms with E-state index >= 15 is 0 Å². The van der Waals surface area contributed by atoms with E-state index in [0.717, 1.165) is 0 Å². The van der Waals surface area contributed by atoms with E-state index in [0.29, 0.717) is 11.6 Å². The van der Waals surface area contributed by atoms with Gasteiger partial charge in [0.05, 0.1) is 12.1 Å². The molecule has 1 aromatic rings. The standard InChI is InChI=1S/C10H10F2N4O/c1-4-14-6-5-7(15-4)16-8(17)9(5,2)10(11,12)3-13-6/h3H2,1-2H3,(H2,13,14,15,16,17). The van der Waals surface area contributed by atoms with E-state index in [4.69, 9.17) is 0 Å². The first-order valence-electron chi connectivity index (χ1n) is 5.18. The second-order valence-corrected chi connectivity index (χ2v) is 4.48. The molecule has 2 aliphatic heterocycles. The van der Waals surface area contributed by atoms with Crippen LogP contribution in [0.3, 0.4) is 0 Å². The van der Waals surface area contributed by atoms with Gasteiger partial charge in [0, 0.05) is 0 Å². The zero-order valence-electron chi connectivity index (χ0n) is 9.27. The molecule has 2 aliphatic rings. The molecule has 90 valence electrons. The first-order chi connectivity index (χ1) is 7.86. The average Bonchev–Trinajstić information content (AvgIpc) is 2.48. The fraction of sp³-hybridized carbons (Fsp3) is 0.500. The zero-order chi connectivity index (χ0) is 12.4. The smallest absolute Gasteiger partial charge is 0.283 e. The van der Waals surface area contributed by atoms with Gasteiger partial charge in [-0.1, -0.05) is 0 Å². The van der Waals surface area contributed by atoms with E-state index in [-0.39, 0.29) is 11.4 Å². The molecule has 0 saturated heterocycles. The number of aromatic nitrogens is 2. The van der Waals surface area contributed by atoms with Crippen molar-refractivity contribution in [3.05, 3.63) is 11.4 Å². The summed E-state index contributed by atoms with van der Waals surface area (Å²) in [5, 5.41) is 4.96. The molecular weight excluding hydrogens is 230 g/mol. The number of alkyl halides is 2. The molecule has 3 heterocycles. The van der Waals surface area contributed by atoms with Gasteiger partial charge in [-0.3, -0.25) is 4.79 Å². The van der Waals surface area contributed by atoms with Crippen LogP contribution in [0.2, 0.25) is 0 Å². The molecule has 0 aliphatic carbocycles. The Balaban J connectivity index is 2.35. The molecule has 2 N–H and O–H groups in total. The van der Waals surface area contributed by atoms with Crippen molar-refractivity contribution < 1.29 is 13.6 Å². The fourth-order valence-corrected chi connectivity index (χ4v) is 2.33. The molecular formula is C10H10F2N4O. The van der Waals surface area contributed by atoms with E-state index in [1.165, 1.54) is 6.92 Å². The Morgan fingerprint density at radius 3 is 2.65 bits per heavy atom. The van der Waals surface area contributed by atoms with E-state index in [1.807, 2.05) is 0 Å². The Labute approximate surface area is 95.6 Å². The third-order valence-corrected chi connectivity index (χ3v) is 3.42. The summed E-state index contributed by atoms with van der Waals surface area (Å²) in [5.41, 5.74) is -1.71. The summed E-state index contributed by atoms with van der Waals surface area (Å²) in [5.74, 6) is -2.94. The maximum absolute atomic E-state index is 13.9. The highest BCUT2D eigenvalue weighted by atomic mass is 19.3. The first-order valence-corrected chi connectivity index (χ1v) is 5.18. The quantitative estimate of drug-likeness (QED) is 0.711. The van der Waals surface area contributed by atoms with E-state index < -0.39 is 23.8 Å². The molecule has 0 radical (unpaired) electrons. The summed E-state index contributed by atoms with van der Waals surface area (Å²) in [6.45, 7) is 2.28. The van der Waals surface area contributed by atoms with Crippen LogP contribution in [0.15, 0.2) is 0 Å². The van der Waals surface area contributed by atoms with Crippen molar-refractivity contribution in [2.24, 2.45) is 0 Å². The molecule has 0 aromatic carbocycles.